The predicted octanol–water partition coefficient (Wildman–Crippen LogP) is 4.81. The fraction of sp³-hybridized carbons (Fsp3) is 0.263. The predicted molar refractivity (Wildman–Crippen MR) is 116 cm³/mol. The normalized spacial score (nSPS) is 10.6. The number of thiophene rings is 2. The van der Waals surface area contributed by atoms with Crippen molar-refractivity contribution >= 4 is 45.3 Å². The van der Waals surface area contributed by atoms with E-state index in [1.807, 2.05) is 4.57 Å². The maximum atomic E-state index is 12.3. The molecule has 0 spiro atoms. The van der Waals surface area contributed by atoms with Crippen molar-refractivity contribution in [3.05, 3.63) is 46.0 Å². The van der Waals surface area contributed by atoms with Crippen molar-refractivity contribution in [2.24, 2.45) is 0 Å². The number of thioether (sulfide) groups is 1. The van der Waals surface area contributed by atoms with E-state index in [1.165, 1.54) is 28.0 Å². The van der Waals surface area contributed by atoms with Crippen molar-refractivity contribution in [2.75, 3.05) is 11.1 Å². The molecule has 0 saturated heterocycles. The van der Waals surface area contributed by atoms with Gasteiger partial charge < -0.3 is 5.32 Å². The Balaban J connectivity index is 1.71. The smallest absolute Gasteiger partial charge is 0.235 e. The second-order valence-electron chi connectivity index (χ2n) is 5.87. The van der Waals surface area contributed by atoms with E-state index in [1.54, 1.807) is 28.9 Å². The Bertz CT molecular complexity index is 1010. The SMILES string of the molecule is C=CCn1c(SCC(=O)Nc2sccc2C#N)nnc1-c1csc(CCC)c1. The number of hydrogen-bond donors (Lipinski definition) is 1. The molecule has 0 saturated carbocycles. The van der Waals surface area contributed by atoms with Gasteiger partial charge >= 0.3 is 0 Å². The van der Waals surface area contributed by atoms with Gasteiger partial charge in [0, 0.05) is 22.4 Å². The average Bonchev–Trinajstić information content (AvgIpc) is 3.41. The van der Waals surface area contributed by atoms with Crippen molar-refractivity contribution in [2.45, 2.75) is 31.5 Å². The number of rotatable bonds is 9. The minimum absolute atomic E-state index is 0.181. The molecule has 0 aliphatic rings. The topological polar surface area (TPSA) is 83.6 Å². The molecule has 0 fully saturated rings. The summed E-state index contributed by atoms with van der Waals surface area (Å²) in [5.74, 6) is 0.786. The first-order chi connectivity index (χ1) is 13.7. The molecule has 3 heterocycles. The van der Waals surface area contributed by atoms with Crippen LogP contribution in [0.15, 0.2) is 40.7 Å². The molecular formula is C19H19N5OS3. The van der Waals surface area contributed by atoms with Crippen molar-refractivity contribution in [3.63, 3.8) is 0 Å². The fourth-order valence-corrected chi connectivity index (χ4v) is 5.04. The van der Waals surface area contributed by atoms with Crippen LogP contribution in [0, 0.1) is 11.3 Å². The molecule has 0 bridgehead atoms. The third-order valence-electron chi connectivity index (χ3n) is 3.81. The summed E-state index contributed by atoms with van der Waals surface area (Å²) in [5, 5.41) is 25.5. The minimum Gasteiger partial charge on any atom is -0.316 e. The molecular weight excluding hydrogens is 410 g/mol. The average molecular weight is 430 g/mol. The molecule has 1 N–H and O–H groups in total. The highest BCUT2D eigenvalue weighted by Crippen LogP contribution is 2.29. The lowest BCUT2D eigenvalue weighted by Gasteiger charge is -2.07. The quantitative estimate of drug-likeness (QED) is 0.390. The van der Waals surface area contributed by atoms with Gasteiger partial charge in [-0.1, -0.05) is 31.2 Å². The highest BCUT2D eigenvalue weighted by molar-refractivity contribution is 7.99. The van der Waals surface area contributed by atoms with Crippen LogP contribution in [-0.2, 0) is 17.8 Å². The molecule has 9 heteroatoms. The summed E-state index contributed by atoms with van der Waals surface area (Å²) in [7, 11) is 0. The summed E-state index contributed by atoms with van der Waals surface area (Å²) in [5.41, 5.74) is 1.51. The fourth-order valence-electron chi connectivity index (χ4n) is 2.57. The number of carbonyl (C=O) groups is 1. The third-order valence-corrected chi connectivity index (χ3v) is 6.60. The van der Waals surface area contributed by atoms with Crippen molar-refractivity contribution in [3.8, 4) is 17.5 Å². The first kappa shape index (κ1) is 20.3. The zero-order chi connectivity index (χ0) is 19.9. The van der Waals surface area contributed by atoms with E-state index in [0.29, 0.717) is 22.3 Å². The molecule has 0 aliphatic heterocycles. The number of hydrogen-bond acceptors (Lipinski definition) is 7. The zero-order valence-corrected chi connectivity index (χ0v) is 17.8. The van der Waals surface area contributed by atoms with Gasteiger partial charge in [0.1, 0.15) is 11.1 Å². The molecule has 144 valence electrons. The second kappa shape index (κ2) is 9.68. The van der Waals surface area contributed by atoms with E-state index in [2.05, 4.69) is 46.5 Å². The van der Waals surface area contributed by atoms with Crippen LogP contribution in [0.3, 0.4) is 0 Å². The molecule has 0 unspecified atom stereocenters. The monoisotopic (exact) mass is 429 g/mol. The Labute approximate surface area is 175 Å². The van der Waals surface area contributed by atoms with E-state index >= 15 is 0 Å². The summed E-state index contributed by atoms with van der Waals surface area (Å²) in [4.78, 5) is 13.6. The number of aryl methyl sites for hydroxylation is 1. The Morgan fingerprint density at radius 1 is 1.46 bits per heavy atom. The number of nitrogens with zero attached hydrogens (tertiary/aromatic N) is 4. The standard InChI is InChI=1S/C19H19N5OS3/c1-3-5-15-9-14(11-27-15)17-22-23-19(24(17)7-4-2)28-12-16(25)21-18-13(10-20)6-8-26-18/h4,6,8-9,11H,2-3,5,7,12H2,1H3,(H,21,25). The zero-order valence-electron chi connectivity index (χ0n) is 15.3. The van der Waals surface area contributed by atoms with Crippen LogP contribution >= 0.6 is 34.4 Å². The third kappa shape index (κ3) is 4.70. The van der Waals surface area contributed by atoms with Gasteiger partial charge in [0.25, 0.3) is 0 Å². The minimum atomic E-state index is -0.181. The van der Waals surface area contributed by atoms with E-state index in [-0.39, 0.29) is 11.7 Å². The Kier molecular flexibility index (Phi) is 7.03. The van der Waals surface area contributed by atoms with Crippen LogP contribution in [-0.4, -0.2) is 26.4 Å². The van der Waals surface area contributed by atoms with E-state index in [4.69, 9.17) is 5.26 Å². The Hall–Kier alpha value is -2.41. The van der Waals surface area contributed by atoms with Gasteiger partial charge in [0.2, 0.25) is 5.91 Å². The van der Waals surface area contributed by atoms with Crippen molar-refractivity contribution in [1.82, 2.24) is 14.8 Å². The van der Waals surface area contributed by atoms with Crippen molar-refractivity contribution in [1.29, 1.82) is 5.26 Å². The van der Waals surface area contributed by atoms with Crippen LogP contribution in [0.1, 0.15) is 23.8 Å². The summed E-state index contributed by atoms with van der Waals surface area (Å²) < 4.78 is 1.97. The van der Waals surface area contributed by atoms with Crippen LogP contribution in [0.2, 0.25) is 0 Å². The highest BCUT2D eigenvalue weighted by atomic mass is 32.2. The highest BCUT2D eigenvalue weighted by Gasteiger charge is 2.17. The van der Waals surface area contributed by atoms with Crippen LogP contribution in [0.5, 0.6) is 0 Å². The number of carbonyl (C=O) groups excluding carboxylic acids is 1. The number of allylic oxidation sites excluding steroid dienone is 1. The summed E-state index contributed by atoms with van der Waals surface area (Å²) in [6.45, 7) is 6.54. The van der Waals surface area contributed by atoms with Gasteiger partial charge in [-0.05, 0) is 23.9 Å². The maximum absolute atomic E-state index is 12.3. The van der Waals surface area contributed by atoms with Gasteiger partial charge in [-0.2, -0.15) is 5.26 Å². The summed E-state index contributed by atoms with van der Waals surface area (Å²) in [6, 6.07) is 5.91. The molecule has 0 aromatic carbocycles. The molecule has 1 amide bonds. The van der Waals surface area contributed by atoms with Gasteiger partial charge in [-0.3, -0.25) is 9.36 Å². The molecule has 0 aliphatic carbocycles. The number of amides is 1. The van der Waals surface area contributed by atoms with Crippen LogP contribution in [0.25, 0.3) is 11.4 Å². The van der Waals surface area contributed by atoms with Gasteiger partial charge in [0.15, 0.2) is 11.0 Å². The lowest BCUT2D eigenvalue weighted by molar-refractivity contribution is -0.113. The van der Waals surface area contributed by atoms with Crippen molar-refractivity contribution < 1.29 is 4.79 Å². The Morgan fingerprint density at radius 3 is 3.07 bits per heavy atom. The molecule has 28 heavy (non-hydrogen) atoms. The molecule has 0 atom stereocenters. The van der Waals surface area contributed by atoms with E-state index in [9.17, 15) is 4.79 Å². The van der Waals surface area contributed by atoms with E-state index in [0.717, 1.165) is 24.2 Å². The molecule has 0 radical (unpaired) electrons. The first-order valence-electron chi connectivity index (χ1n) is 8.68. The number of nitriles is 1. The molecule has 3 aromatic heterocycles. The van der Waals surface area contributed by atoms with Crippen LogP contribution < -0.4 is 5.32 Å². The largest absolute Gasteiger partial charge is 0.316 e. The van der Waals surface area contributed by atoms with Gasteiger partial charge in [-0.25, -0.2) is 0 Å². The number of aromatic nitrogens is 3. The lowest BCUT2D eigenvalue weighted by Crippen LogP contribution is -2.14. The van der Waals surface area contributed by atoms with Gasteiger partial charge in [-0.15, -0.1) is 39.4 Å². The number of anilines is 1. The lowest BCUT2D eigenvalue weighted by atomic mass is 10.2. The number of nitrogens with one attached hydrogen (secondary N) is 1. The first-order valence-corrected chi connectivity index (χ1v) is 11.4. The molecule has 3 aromatic rings. The van der Waals surface area contributed by atoms with Gasteiger partial charge in [0.05, 0.1) is 11.3 Å². The summed E-state index contributed by atoms with van der Waals surface area (Å²) >= 11 is 4.38. The summed E-state index contributed by atoms with van der Waals surface area (Å²) in [6.07, 6.45) is 3.95. The molecule has 3 rings (SSSR count). The second-order valence-corrected chi connectivity index (χ2v) is 8.72. The van der Waals surface area contributed by atoms with E-state index < -0.39 is 0 Å². The Morgan fingerprint density at radius 2 is 2.32 bits per heavy atom. The van der Waals surface area contributed by atoms with Crippen LogP contribution in [0.4, 0.5) is 5.00 Å². The molecule has 6 nitrogen and oxygen atoms in total. The maximum Gasteiger partial charge on any atom is 0.235 e.